The highest BCUT2D eigenvalue weighted by Gasteiger charge is 2.47. The maximum atomic E-state index is 11.8. The lowest BCUT2D eigenvalue weighted by Gasteiger charge is -2.30. The summed E-state index contributed by atoms with van der Waals surface area (Å²) in [5, 5.41) is 2.37. The third kappa shape index (κ3) is 2.76. The average molecular weight is 276 g/mol. The van der Waals surface area contributed by atoms with Crippen LogP contribution in [-0.4, -0.2) is 35.5 Å². The van der Waals surface area contributed by atoms with Gasteiger partial charge in [-0.05, 0) is 31.9 Å². The molecular formula is C15H20N2O3. The first kappa shape index (κ1) is 14.4. The SMILES string of the molecule is CCC1(C)C(=O)NC(=O)N1CCCOc1ccccc1. The summed E-state index contributed by atoms with van der Waals surface area (Å²) in [5.41, 5.74) is -0.732. The molecule has 5 heteroatoms. The molecule has 0 aliphatic carbocycles. The first-order chi connectivity index (χ1) is 9.58. The van der Waals surface area contributed by atoms with E-state index >= 15 is 0 Å². The van der Waals surface area contributed by atoms with Crippen LogP contribution >= 0.6 is 0 Å². The number of para-hydroxylation sites is 1. The standard InChI is InChI=1S/C15H20N2O3/c1-3-15(2)13(18)16-14(19)17(15)10-7-11-20-12-8-5-4-6-9-12/h4-6,8-9H,3,7,10-11H2,1-2H3,(H,16,18,19). The normalized spacial score (nSPS) is 22.0. The van der Waals surface area contributed by atoms with Gasteiger partial charge in [0.05, 0.1) is 6.61 Å². The van der Waals surface area contributed by atoms with Gasteiger partial charge in [-0.15, -0.1) is 0 Å². The molecule has 1 N–H and O–H groups in total. The molecule has 2 rings (SSSR count). The molecule has 0 aromatic heterocycles. The predicted octanol–water partition coefficient (Wildman–Crippen LogP) is 2.18. The number of ether oxygens (including phenoxy) is 1. The molecular weight excluding hydrogens is 256 g/mol. The van der Waals surface area contributed by atoms with Gasteiger partial charge in [0.2, 0.25) is 0 Å². The summed E-state index contributed by atoms with van der Waals surface area (Å²) in [6.45, 7) is 4.73. The van der Waals surface area contributed by atoms with Crippen LogP contribution in [-0.2, 0) is 4.79 Å². The van der Waals surface area contributed by atoms with Crippen LogP contribution in [0.1, 0.15) is 26.7 Å². The minimum absolute atomic E-state index is 0.214. The quantitative estimate of drug-likeness (QED) is 0.640. The van der Waals surface area contributed by atoms with Gasteiger partial charge in [0.15, 0.2) is 0 Å². The maximum absolute atomic E-state index is 11.8. The van der Waals surface area contributed by atoms with E-state index in [0.717, 1.165) is 5.75 Å². The van der Waals surface area contributed by atoms with Gasteiger partial charge in [-0.3, -0.25) is 10.1 Å². The average Bonchev–Trinajstić information content (AvgIpc) is 2.67. The Balaban J connectivity index is 1.84. The monoisotopic (exact) mass is 276 g/mol. The van der Waals surface area contributed by atoms with Crippen molar-refractivity contribution < 1.29 is 14.3 Å². The molecule has 1 heterocycles. The Kier molecular flexibility index (Phi) is 4.27. The van der Waals surface area contributed by atoms with Crippen molar-refractivity contribution in [3.05, 3.63) is 30.3 Å². The summed E-state index contributed by atoms with van der Waals surface area (Å²) in [6, 6.07) is 9.23. The predicted molar refractivity (Wildman–Crippen MR) is 75.5 cm³/mol. The first-order valence-corrected chi connectivity index (χ1v) is 6.89. The van der Waals surface area contributed by atoms with Gasteiger partial charge in [-0.2, -0.15) is 0 Å². The van der Waals surface area contributed by atoms with Crippen LogP contribution in [0.2, 0.25) is 0 Å². The van der Waals surface area contributed by atoms with Crippen molar-refractivity contribution in [2.75, 3.05) is 13.2 Å². The second-order valence-corrected chi connectivity index (χ2v) is 5.05. The fourth-order valence-corrected chi connectivity index (χ4v) is 2.28. The lowest BCUT2D eigenvalue weighted by atomic mass is 9.97. The minimum atomic E-state index is -0.732. The van der Waals surface area contributed by atoms with Crippen LogP contribution < -0.4 is 10.1 Å². The Hall–Kier alpha value is -2.04. The molecule has 108 valence electrons. The Labute approximate surface area is 118 Å². The van der Waals surface area contributed by atoms with Crippen molar-refractivity contribution in [1.29, 1.82) is 0 Å². The van der Waals surface area contributed by atoms with Gasteiger partial charge >= 0.3 is 6.03 Å². The largest absolute Gasteiger partial charge is 0.494 e. The fraction of sp³-hybridized carbons (Fsp3) is 0.467. The molecule has 0 radical (unpaired) electrons. The number of nitrogens with one attached hydrogen (secondary N) is 1. The molecule has 1 aliphatic rings. The van der Waals surface area contributed by atoms with Crippen LogP contribution in [0, 0.1) is 0 Å². The molecule has 3 amide bonds. The lowest BCUT2D eigenvalue weighted by molar-refractivity contribution is -0.126. The van der Waals surface area contributed by atoms with Crippen LogP contribution in [0.25, 0.3) is 0 Å². The van der Waals surface area contributed by atoms with Gasteiger partial charge in [-0.25, -0.2) is 4.79 Å². The first-order valence-electron chi connectivity index (χ1n) is 6.89. The van der Waals surface area contributed by atoms with Crippen molar-refractivity contribution in [2.45, 2.75) is 32.2 Å². The van der Waals surface area contributed by atoms with Gasteiger partial charge < -0.3 is 9.64 Å². The molecule has 1 fully saturated rings. The third-order valence-electron chi connectivity index (χ3n) is 3.78. The molecule has 1 atom stereocenters. The summed E-state index contributed by atoms with van der Waals surface area (Å²) in [5.74, 6) is 0.599. The molecule has 1 aromatic rings. The molecule has 5 nitrogen and oxygen atoms in total. The van der Waals surface area contributed by atoms with Crippen molar-refractivity contribution in [1.82, 2.24) is 10.2 Å². The summed E-state index contributed by atoms with van der Waals surface area (Å²) in [7, 11) is 0. The second kappa shape index (κ2) is 5.94. The molecule has 0 bridgehead atoms. The number of benzene rings is 1. The zero-order valence-corrected chi connectivity index (χ0v) is 11.9. The van der Waals surface area contributed by atoms with E-state index in [1.807, 2.05) is 37.3 Å². The number of carbonyl (C=O) groups excluding carboxylic acids is 2. The van der Waals surface area contributed by atoms with Crippen molar-refractivity contribution in [3.8, 4) is 5.75 Å². The lowest BCUT2D eigenvalue weighted by Crippen LogP contribution is -2.47. The smallest absolute Gasteiger partial charge is 0.325 e. The van der Waals surface area contributed by atoms with Crippen LogP contribution in [0.15, 0.2) is 30.3 Å². The number of amides is 3. The van der Waals surface area contributed by atoms with Crippen molar-refractivity contribution in [3.63, 3.8) is 0 Å². The zero-order chi connectivity index (χ0) is 14.6. The van der Waals surface area contributed by atoms with Crippen molar-refractivity contribution >= 4 is 11.9 Å². The van der Waals surface area contributed by atoms with E-state index < -0.39 is 5.54 Å². The molecule has 1 aromatic carbocycles. The molecule has 0 spiro atoms. The Bertz CT molecular complexity index is 489. The summed E-state index contributed by atoms with van der Waals surface area (Å²) in [6.07, 6.45) is 1.29. The Morgan fingerprint density at radius 2 is 1.95 bits per heavy atom. The van der Waals surface area contributed by atoms with E-state index in [1.54, 1.807) is 11.8 Å². The van der Waals surface area contributed by atoms with Gasteiger partial charge in [0, 0.05) is 6.54 Å². The number of imide groups is 1. The highest BCUT2D eigenvalue weighted by Crippen LogP contribution is 2.25. The summed E-state index contributed by atoms with van der Waals surface area (Å²) < 4.78 is 5.59. The molecule has 1 aliphatic heterocycles. The molecule has 1 unspecified atom stereocenters. The number of hydrogen-bond acceptors (Lipinski definition) is 3. The third-order valence-corrected chi connectivity index (χ3v) is 3.78. The van der Waals surface area contributed by atoms with Crippen LogP contribution in [0.4, 0.5) is 4.79 Å². The van der Waals surface area contributed by atoms with Crippen molar-refractivity contribution in [2.24, 2.45) is 0 Å². The van der Waals surface area contributed by atoms with Gasteiger partial charge in [0.25, 0.3) is 5.91 Å². The Morgan fingerprint density at radius 3 is 2.60 bits per heavy atom. The molecule has 20 heavy (non-hydrogen) atoms. The zero-order valence-electron chi connectivity index (χ0n) is 11.9. The van der Waals surface area contributed by atoms with E-state index in [4.69, 9.17) is 4.74 Å². The number of carbonyl (C=O) groups is 2. The maximum Gasteiger partial charge on any atom is 0.325 e. The second-order valence-electron chi connectivity index (χ2n) is 5.05. The highest BCUT2D eigenvalue weighted by atomic mass is 16.5. The number of rotatable bonds is 6. The molecule has 1 saturated heterocycles. The number of hydrogen-bond donors (Lipinski definition) is 1. The molecule has 0 saturated carbocycles. The highest BCUT2D eigenvalue weighted by molar-refractivity contribution is 6.06. The van der Waals surface area contributed by atoms with E-state index in [0.29, 0.717) is 26.0 Å². The fourth-order valence-electron chi connectivity index (χ4n) is 2.28. The van der Waals surface area contributed by atoms with Gasteiger partial charge in [0.1, 0.15) is 11.3 Å². The van der Waals surface area contributed by atoms with E-state index in [1.165, 1.54) is 0 Å². The summed E-state index contributed by atoms with van der Waals surface area (Å²) >= 11 is 0. The van der Waals surface area contributed by atoms with E-state index in [-0.39, 0.29) is 11.9 Å². The Morgan fingerprint density at radius 1 is 1.25 bits per heavy atom. The van der Waals surface area contributed by atoms with E-state index in [2.05, 4.69) is 5.32 Å². The van der Waals surface area contributed by atoms with E-state index in [9.17, 15) is 9.59 Å². The summed E-state index contributed by atoms with van der Waals surface area (Å²) in [4.78, 5) is 25.2. The topological polar surface area (TPSA) is 58.6 Å². The van der Waals surface area contributed by atoms with Gasteiger partial charge in [-0.1, -0.05) is 25.1 Å². The minimum Gasteiger partial charge on any atom is -0.494 e. The number of nitrogens with zero attached hydrogens (tertiary/aromatic N) is 1. The van der Waals surface area contributed by atoms with Crippen LogP contribution in [0.5, 0.6) is 5.75 Å². The van der Waals surface area contributed by atoms with Crippen LogP contribution in [0.3, 0.4) is 0 Å². The number of urea groups is 1.